The van der Waals surface area contributed by atoms with E-state index in [1.165, 1.54) is 31.5 Å². The van der Waals surface area contributed by atoms with Crippen LogP contribution < -0.4 is 10.2 Å². The molecule has 0 spiro atoms. The smallest absolute Gasteiger partial charge is 0.272 e. The average Bonchev–Trinajstić information content (AvgIpc) is 2.79. The number of carbonyl (C=O) groups excluding carboxylic acids is 1. The van der Waals surface area contributed by atoms with Crippen molar-refractivity contribution in [3.63, 3.8) is 0 Å². The van der Waals surface area contributed by atoms with E-state index >= 15 is 0 Å². The summed E-state index contributed by atoms with van der Waals surface area (Å²) in [7, 11) is 1.45. The fraction of sp³-hybridized carbons (Fsp3) is 0.0417. The van der Waals surface area contributed by atoms with Crippen molar-refractivity contribution in [2.24, 2.45) is 5.10 Å². The Bertz CT molecular complexity index is 1290. The number of benzene rings is 3. The highest BCUT2D eigenvalue weighted by atomic mass is 19.1. The van der Waals surface area contributed by atoms with Crippen LogP contribution in [-0.2, 0) is 0 Å². The van der Waals surface area contributed by atoms with E-state index in [0.717, 1.165) is 0 Å². The number of nitrogens with one attached hydrogen (secondary N) is 1. The Balaban J connectivity index is 1.64. The molecule has 7 heteroatoms. The molecule has 2 N–H and O–H groups in total. The van der Waals surface area contributed by atoms with Gasteiger partial charge in [0.05, 0.1) is 30.1 Å². The largest absolute Gasteiger partial charge is 0.504 e. The Morgan fingerprint density at radius 2 is 1.87 bits per heavy atom. The minimum atomic E-state index is -0.413. The molecule has 0 bridgehead atoms. The van der Waals surface area contributed by atoms with E-state index in [4.69, 9.17) is 4.74 Å². The number of hydrogen-bond acceptors (Lipinski definition) is 5. The zero-order valence-electron chi connectivity index (χ0n) is 16.5. The number of aromatic nitrogens is 1. The van der Waals surface area contributed by atoms with Crippen LogP contribution in [0.5, 0.6) is 11.5 Å². The molecule has 0 radical (unpaired) electrons. The van der Waals surface area contributed by atoms with Crippen molar-refractivity contribution < 1.29 is 19.0 Å². The first kappa shape index (κ1) is 20.0. The van der Waals surface area contributed by atoms with Gasteiger partial charge in [-0.2, -0.15) is 5.10 Å². The highest BCUT2D eigenvalue weighted by molar-refractivity contribution is 6.07. The molecule has 6 nitrogen and oxygen atoms in total. The number of aromatic hydroxyl groups is 1. The fourth-order valence-electron chi connectivity index (χ4n) is 3.13. The molecule has 0 fully saturated rings. The molecule has 0 atom stereocenters. The molecule has 31 heavy (non-hydrogen) atoms. The predicted molar refractivity (Wildman–Crippen MR) is 117 cm³/mol. The first-order valence-electron chi connectivity index (χ1n) is 9.41. The SMILES string of the molecule is COc1cc(C=NNC(=O)c2cc(-c3ccc(F)cc3)nc3ccccc23)ccc1O. The summed E-state index contributed by atoms with van der Waals surface area (Å²) in [6.07, 6.45) is 1.45. The standard InChI is InChI=1S/C24H18FN3O3/c1-31-23-12-15(6-11-22(23)29)14-26-28-24(30)19-13-21(16-7-9-17(25)10-8-16)27-20-5-3-2-4-18(19)20/h2-14,29H,1H3,(H,28,30). The third-order valence-corrected chi connectivity index (χ3v) is 4.68. The topological polar surface area (TPSA) is 83.8 Å². The van der Waals surface area contributed by atoms with Crippen LogP contribution in [0.25, 0.3) is 22.2 Å². The van der Waals surface area contributed by atoms with Gasteiger partial charge in [-0.3, -0.25) is 4.79 Å². The Kier molecular flexibility index (Phi) is 5.57. The molecule has 154 valence electrons. The lowest BCUT2D eigenvalue weighted by molar-refractivity contribution is 0.0956. The van der Waals surface area contributed by atoms with Crippen LogP contribution in [0.4, 0.5) is 4.39 Å². The second kappa shape index (κ2) is 8.62. The van der Waals surface area contributed by atoms with Gasteiger partial charge in [0.2, 0.25) is 0 Å². The van der Waals surface area contributed by atoms with Gasteiger partial charge in [-0.05, 0) is 60.2 Å². The zero-order valence-corrected chi connectivity index (χ0v) is 16.5. The van der Waals surface area contributed by atoms with Crippen molar-refractivity contribution in [3.05, 3.63) is 89.7 Å². The Labute approximate surface area is 177 Å². The maximum Gasteiger partial charge on any atom is 0.272 e. The lowest BCUT2D eigenvalue weighted by atomic mass is 10.0. The summed E-state index contributed by atoms with van der Waals surface area (Å²) in [5, 5.41) is 14.4. The molecule has 4 aromatic rings. The van der Waals surface area contributed by atoms with E-state index in [2.05, 4.69) is 15.5 Å². The molecule has 0 aliphatic carbocycles. The van der Waals surface area contributed by atoms with Gasteiger partial charge in [-0.1, -0.05) is 18.2 Å². The number of amides is 1. The molecule has 0 aliphatic rings. The number of ether oxygens (including phenoxy) is 1. The van der Waals surface area contributed by atoms with E-state index in [9.17, 15) is 14.3 Å². The summed E-state index contributed by atoms with van der Waals surface area (Å²) in [4.78, 5) is 17.5. The van der Waals surface area contributed by atoms with Crippen LogP contribution in [0.15, 0.2) is 77.9 Å². The monoisotopic (exact) mass is 415 g/mol. The van der Waals surface area contributed by atoms with E-state index in [0.29, 0.717) is 39.0 Å². The molecule has 4 rings (SSSR count). The highest BCUT2D eigenvalue weighted by Gasteiger charge is 2.13. The van der Waals surface area contributed by atoms with E-state index in [1.54, 1.807) is 36.4 Å². The number of nitrogens with zero attached hydrogens (tertiary/aromatic N) is 2. The number of phenolic OH excluding ortho intramolecular Hbond substituents is 1. The summed E-state index contributed by atoms with van der Waals surface area (Å²) < 4.78 is 18.4. The van der Waals surface area contributed by atoms with Crippen molar-refractivity contribution >= 4 is 23.0 Å². The number of para-hydroxylation sites is 1. The van der Waals surface area contributed by atoms with Crippen molar-refractivity contribution in [1.29, 1.82) is 0 Å². The first-order valence-corrected chi connectivity index (χ1v) is 9.41. The number of hydrazone groups is 1. The third kappa shape index (κ3) is 4.35. The number of phenols is 1. The van der Waals surface area contributed by atoms with Crippen molar-refractivity contribution in [2.75, 3.05) is 7.11 Å². The van der Waals surface area contributed by atoms with Crippen LogP contribution in [-0.4, -0.2) is 29.3 Å². The number of hydrogen-bond donors (Lipinski definition) is 2. The number of pyridine rings is 1. The molecule has 0 unspecified atom stereocenters. The van der Waals surface area contributed by atoms with Crippen LogP contribution in [0.3, 0.4) is 0 Å². The quantitative estimate of drug-likeness (QED) is 0.371. The highest BCUT2D eigenvalue weighted by Crippen LogP contribution is 2.26. The molecular formula is C24H18FN3O3. The second-order valence-electron chi connectivity index (χ2n) is 6.71. The summed E-state index contributed by atoms with van der Waals surface area (Å²) in [6, 6.07) is 19.6. The lowest BCUT2D eigenvalue weighted by Gasteiger charge is -2.09. The summed E-state index contributed by atoms with van der Waals surface area (Å²) in [5.41, 5.74) is 5.44. The average molecular weight is 415 g/mol. The van der Waals surface area contributed by atoms with Gasteiger partial charge in [0.1, 0.15) is 5.82 Å². The maximum absolute atomic E-state index is 13.3. The van der Waals surface area contributed by atoms with Crippen molar-refractivity contribution in [2.45, 2.75) is 0 Å². The number of rotatable bonds is 5. The van der Waals surface area contributed by atoms with Crippen LogP contribution in [0, 0.1) is 5.82 Å². The molecule has 3 aromatic carbocycles. The number of fused-ring (bicyclic) bond motifs is 1. The van der Waals surface area contributed by atoms with Crippen LogP contribution in [0.1, 0.15) is 15.9 Å². The van der Waals surface area contributed by atoms with Gasteiger partial charge < -0.3 is 9.84 Å². The normalized spacial score (nSPS) is 11.0. The molecule has 0 saturated heterocycles. The Morgan fingerprint density at radius 1 is 1.10 bits per heavy atom. The van der Waals surface area contributed by atoms with Crippen molar-refractivity contribution in [3.8, 4) is 22.8 Å². The summed E-state index contributed by atoms with van der Waals surface area (Å²) >= 11 is 0. The zero-order chi connectivity index (χ0) is 21.8. The lowest BCUT2D eigenvalue weighted by Crippen LogP contribution is -2.18. The molecule has 1 heterocycles. The van der Waals surface area contributed by atoms with E-state index in [1.807, 2.05) is 18.2 Å². The van der Waals surface area contributed by atoms with Gasteiger partial charge in [-0.15, -0.1) is 0 Å². The molecule has 1 amide bonds. The van der Waals surface area contributed by atoms with Gasteiger partial charge in [0.25, 0.3) is 5.91 Å². The van der Waals surface area contributed by atoms with Gasteiger partial charge >= 0.3 is 0 Å². The molecule has 0 aliphatic heterocycles. The van der Waals surface area contributed by atoms with Crippen molar-refractivity contribution in [1.82, 2.24) is 10.4 Å². The fourth-order valence-corrected chi connectivity index (χ4v) is 3.13. The van der Waals surface area contributed by atoms with E-state index in [-0.39, 0.29) is 11.6 Å². The predicted octanol–water partition coefficient (Wildman–Crippen LogP) is 4.52. The van der Waals surface area contributed by atoms with E-state index < -0.39 is 5.91 Å². The van der Waals surface area contributed by atoms with Gasteiger partial charge in [0, 0.05) is 10.9 Å². The Hall–Kier alpha value is -4.26. The van der Waals surface area contributed by atoms with Gasteiger partial charge in [0.15, 0.2) is 11.5 Å². The second-order valence-corrected chi connectivity index (χ2v) is 6.71. The first-order chi connectivity index (χ1) is 15.0. The number of halogens is 1. The van der Waals surface area contributed by atoms with Gasteiger partial charge in [-0.25, -0.2) is 14.8 Å². The number of carbonyl (C=O) groups is 1. The summed E-state index contributed by atoms with van der Waals surface area (Å²) in [5.74, 6) is -0.439. The molecule has 0 saturated carbocycles. The Morgan fingerprint density at radius 3 is 2.65 bits per heavy atom. The maximum atomic E-state index is 13.3. The van der Waals surface area contributed by atoms with Crippen LogP contribution >= 0.6 is 0 Å². The van der Waals surface area contributed by atoms with Crippen LogP contribution in [0.2, 0.25) is 0 Å². The molecule has 1 aromatic heterocycles. The number of methoxy groups -OCH3 is 1. The minimum absolute atomic E-state index is 0.0141. The molecular weight excluding hydrogens is 397 g/mol. The summed E-state index contributed by atoms with van der Waals surface area (Å²) in [6.45, 7) is 0. The third-order valence-electron chi connectivity index (χ3n) is 4.68. The minimum Gasteiger partial charge on any atom is -0.504 e.